The molecule has 0 saturated heterocycles. The first kappa shape index (κ1) is 98.8. The standard InChI is InChI=1S/C64H125N21O20/c65-11-1-25-91-35-45-101-46-36-92-26-2-12-70-60(86)55-83(21-23-84(56-61(87)71-13-3-27-93-37-47-102-51-41-97-31-7-17-75-79-66)57-62(88)72-14-4-28-94-38-48-103-52-42-98-32-8-18-76-80-67)22-24-85(58-63(89)73-15-5-29-95-39-49-104-53-43-99-33-9-19-77-81-68)59-64(90)74-16-6-30-96-40-50-105-54-44-100-34-10-20-78-82-69/h1-59,65H2,(H,70,86)(H,71,87)(H,72,88)(H,73,89)(H,74,90). The van der Waals surface area contributed by atoms with Crippen LogP contribution in [0.25, 0.3) is 41.8 Å². The SMILES string of the molecule is [N-]=[N+]=NCCCOCCOCCOCCCNC(=O)CN(CCN(CCN(CC(=O)NCCCOCCOCCOCCCN=[N+]=[N-])CC(=O)NCCCOCCOCCOCCCN=[N+]=[N-])CC(=O)NCCCOCCOCCOCCCN)CC(=O)NCCCOCCOCCOCCCN=[N+]=[N-]. The molecule has 0 heterocycles. The van der Waals surface area contributed by atoms with Gasteiger partial charge in [-0.3, -0.25) is 38.7 Å². The highest BCUT2D eigenvalue weighted by atomic mass is 16.6. The Labute approximate surface area is 618 Å². The lowest BCUT2D eigenvalue weighted by molar-refractivity contribution is -0.126. The van der Waals surface area contributed by atoms with E-state index in [0.29, 0.717) is 321 Å². The van der Waals surface area contributed by atoms with Crippen molar-refractivity contribution in [3.05, 3.63) is 41.8 Å². The molecule has 41 heteroatoms. The van der Waals surface area contributed by atoms with Gasteiger partial charge in [-0.05, 0) is 92.9 Å². The number of amides is 5. The third kappa shape index (κ3) is 78.7. The highest BCUT2D eigenvalue weighted by Crippen LogP contribution is 2.01. The Balaban J connectivity index is 6.14. The molecule has 606 valence electrons. The lowest BCUT2D eigenvalue weighted by Gasteiger charge is -2.29. The molecule has 41 nitrogen and oxygen atoms in total. The van der Waals surface area contributed by atoms with Crippen LogP contribution in [0.5, 0.6) is 0 Å². The predicted octanol–water partition coefficient (Wildman–Crippen LogP) is 1.82. The van der Waals surface area contributed by atoms with Crippen molar-refractivity contribution in [2.24, 2.45) is 26.2 Å². The second-order valence-corrected chi connectivity index (χ2v) is 22.8. The Morgan fingerprint density at radius 2 is 0.410 bits per heavy atom. The van der Waals surface area contributed by atoms with E-state index in [2.05, 4.69) is 66.7 Å². The van der Waals surface area contributed by atoms with Crippen molar-refractivity contribution in [3.63, 3.8) is 0 Å². The number of hydrogen-bond acceptors (Lipinski definition) is 28. The van der Waals surface area contributed by atoms with Gasteiger partial charge >= 0.3 is 0 Å². The van der Waals surface area contributed by atoms with Gasteiger partial charge in [-0.2, -0.15) is 0 Å². The highest BCUT2D eigenvalue weighted by molar-refractivity contribution is 5.82. The zero-order valence-electron chi connectivity index (χ0n) is 62.2. The zero-order valence-corrected chi connectivity index (χ0v) is 62.2. The Kier molecular flexibility index (Phi) is 78.6. The first-order valence-corrected chi connectivity index (χ1v) is 36.6. The highest BCUT2D eigenvalue weighted by Gasteiger charge is 2.21. The molecule has 0 aromatic heterocycles. The Morgan fingerprint density at radius 1 is 0.248 bits per heavy atom. The predicted molar refractivity (Wildman–Crippen MR) is 388 cm³/mol. The molecule has 0 spiro atoms. The van der Waals surface area contributed by atoms with Crippen molar-refractivity contribution in [2.75, 3.05) is 323 Å². The van der Waals surface area contributed by atoms with Crippen molar-refractivity contribution in [2.45, 2.75) is 64.2 Å². The van der Waals surface area contributed by atoms with Gasteiger partial charge < -0.3 is 103 Å². The van der Waals surface area contributed by atoms with E-state index < -0.39 is 0 Å². The summed E-state index contributed by atoms with van der Waals surface area (Å²) >= 11 is 0. The average molecular weight is 1510 g/mol. The minimum Gasteiger partial charge on any atom is -0.379 e. The summed E-state index contributed by atoms with van der Waals surface area (Å²) in [4.78, 5) is 84.3. The number of rotatable bonds is 85. The second-order valence-electron chi connectivity index (χ2n) is 22.8. The maximum absolute atomic E-state index is 13.8. The summed E-state index contributed by atoms with van der Waals surface area (Å²) in [7, 11) is 0. The molecule has 0 saturated carbocycles. The fourth-order valence-electron chi connectivity index (χ4n) is 8.59. The molecule has 0 radical (unpaired) electrons. The van der Waals surface area contributed by atoms with E-state index in [-0.39, 0.29) is 88.4 Å². The molecular formula is C64H125N21O20. The minimum atomic E-state index is -0.336. The number of azide groups is 4. The zero-order chi connectivity index (χ0) is 76.1. The van der Waals surface area contributed by atoms with E-state index in [1.54, 1.807) is 9.80 Å². The minimum absolute atomic E-state index is 0.101. The molecule has 0 aliphatic rings. The van der Waals surface area contributed by atoms with Gasteiger partial charge in [0.25, 0.3) is 0 Å². The molecule has 5 amide bonds. The van der Waals surface area contributed by atoms with E-state index in [1.807, 2.05) is 4.90 Å². The van der Waals surface area contributed by atoms with Crippen LogP contribution >= 0.6 is 0 Å². The molecular weight excluding hydrogens is 1380 g/mol. The molecule has 105 heavy (non-hydrogen) atoms. The van der Waals surface area contributed by atoms with Crippen molar-refractivity contribution in [3.8, 4) is 0 Å². The monoisotopic (exact) mass is 1510 g/mol. The van der Waals surface area contributed by atoms with Crippen LogP contribution in [0.4, 0.5) is 0 Å². The number of nitrogens with one attached hydrogen (secondary N) is 5. The van der Waals surface area contributed by atoms with Gasteiger partial charge in [0, 0.05) is 171 Å². The van der Waals surface area contributed by atoms with E-state index in [1.165, 1.54) is 0 Å². The Hall–Kier alpha value is -6.17. The maximum atomic E-state index is 13.8. The van der Waals surface area contributed by atoms with Crippen LogP contribution in [-0.4, -0.2) is 367 Å². The van der Waals surface area contributed by atoms with Gasteiger partial charge in [0.2, 0.25) is 29.5 Å². The molecule has 0 aromatic rings. The van der Waals surface area contributed by atoms with Crippen LogP contribution in [0, 0.1) is 0 Å². The lowest BCUT2D eigenvalue weighted by atomic mass is 10.3. The number of ether oxygens (including phenoxy) is 15. The van der Waals surface area contributed by atoms with Gasteiger partial charge in [-0.1, -0.05) is 20.5 Å². The molecule has 0 atom stereocenters. The van der Waals surface area contributed by atoms with Gasteiger partial charge in [-0.25, -0.2) is 0 Å². The van der Waals surface area contributed by atoms with Gasteiger partial charge in [-0.15, -0.1) is 0 Å². The van der Waals surface area contributed by atoms with Crippen LogP contribution in [0.2, 0.25) is 0 Å². The van der Waals surface area contributed by atoms with Crippen molar-refractivity contribution in [1.29, 1.82) is 0 Å². The van der Waals surface area contributed by atoms with Crippen molar-refractivity contribution >= 4 is 29.5 Å². The van der Waals surface area contributed by atoms with E-state index in [4.69, 9.17) is 98.9 Å². The van der Waals surface area contributed by atoms with Crippen molar-refractivity contribution < 1.29 is 95.0 Å². The summed E-state index contributed by atoms with van der Waals surface area (Å²) in [5, 5.41) is 28.5. The number of hydrogen-bond donors (Lipinski definition) is 6. The maximum Gasteiger partial charge on any atom is 0.234 e. The van der Waals surface area contributed by atoms with Gasteiger partial charge in [0.05, 0.1) is 165 Å². The molecule has 0 aliphatic carbocycles. The molecule has 0 aliphatic heterocycles. The van der Waals surface area contributed by atoms with Crippen LogP contribution in [0.3, 0.4) is 0 Å². The van der Waals surface area contributed by atoms with E-state index >= 15 is 0 Å². The van der Waals surface area contributed by atoms with Crippen LogP contribution < -0.4 is 32.3 Å². The molecule has 7 N–H and O–H groups in total. The Bertz CT molecular complexity index is 2000. The quantitative estimate of drug-likeness (QED) is 0.0219. The topological polar surface area (TPSA) is 515 Å². The first-order valence-electron chi connectivity index (χ1n) is 36.6. The molecule has 0 bridgehead atoms. The fourth-order valence-corrected chi connectivity index (χ4v) is 8.59. The summed E-state index contributed by atoms with van der Waals surface area (Å²) in [6.07, 6.45) is 5.81. The number of nitrogens with two attached hydrogens (primary N) is 1. The summed E-state index contributed by atoms with van der Waals surface area (Å²) in [6.45, 7) is 15.2. The fraction of sp³-hybridized carbons (Fsp3) is 0.922. The smallest absolute Gasteiger partial charge is 0.234 e. The summed E-state index contributed by atoms with van der Waals surface area (Å²) in [6, 6.07) is 0. The molecule has 0 aromatic carbocycles. The number of carbonyl (C=O) groups is 5. The van der Waals surface area contributed by atoms with Crippen LogP contribution in [0.15, 0.2) is 20.5 Å². The van der Waals surface area contributed by atoms with Gasteiger partial charge in [0.1, 0.15) is 0 Å². The normalized spacial score (nSPS) is 11.1. The second kappa shape index (κ2) is 83.5. The number of nitrogens with zero attached hydrogens (tertiary/aromatic N) is 15. The average Bonchev–Trinajstić information content (AvgIpc) is 0.952. The van der Waals surface area contributed by atoms with Crippen LogP contribution in [0.1, 0.15) is 64.2 Å². The lowest BCUT2D eigenvalue weighted by Crippen LogP contribution is -2.50. The van der Waals surface area contributed by atoms with E-state index in [9.17, 15) is 24.0 Å². The third-order valence-corrected chi connectivity index (χ3v) is 13.9. The van der Waals surface area contributed by atoms with Gasteiger partial charge in [0.15, 0.2) is 0 Å². The van der Waals surface area contributed by atoms with Crippen LogP contribution in [-0.2, 0) is 95.0 Å². The molecule has 0 unspecified atom stereocenters. The van der Waals surface area contributed by atoms with E-state index in [0.717, 1.165) is 6.42 Å². The summed E-state index contributed by atoms with van der Waals surface area (Å²) < 4.78 is 83.5. The largest absolute Gasteiger partial charge is 0.379 e. The molecule has 0 rings (SSSR count). The molecule has 0 fully saturated rings. The third-order valence-electron chi connectivity index (χ3n) is 13.9. The summed E-state index contributed by atoms with van der Waals surface area (Å²) in [5.41, 5.74) is 39.1. The Morgan fingerprint density at radius 3 is 0.600 bits per heavy atom. The van der Waals surface area contributed by atoms with Crippen molar-refractivity contribution in [1.82, 2.24) is 41.3 Å². The summed E-state index contributed by atoms with van der Waals surface area (Å²) in [5.74, 6) is -1.65. The number of carbonyl (C=O) groups excluding carboxylic acids is 5. The first-order chi connectivity index (χ1) is 51.7.